The van der Waals surface area contributed by atoms with E-state index < -0.39 is 0 Å². The Bertz CT molecular complexity index is 561. The third-order valence-electron chi connectivity index (χ3n) is 3.98. The van der Waals surface area contributed by atoms with Gasteiger partial charge in [0.25, 0.3) is 0 Å². The van der Waals surface area contributed by atoms with Crippen molar-refractivity contribution in [3.63, 3.8) is 0 Å². The summed E-state index contributed by atoms with van der Waals surface area (Å²) in [6, 6.07) is 5.24. The Morgan fingerprint density at radius 3 is 2.83 bits per heavy atom. The van der Waals surface area contributed by atoms with Crippen molar-refractivity contribution in [2.75, 3.05) is 40.0 Å². The molecule has 1 amide bonds. The van der Waals surface area contributed by atoms with Crippen molar-refractivity contribution in [2.45, 2.75) is 19.1 Å². The lowest BCUT2D eigenvalue weighted by atomic mass is 10.2. The number of amides is 1. The summed E-state index contributed by atoms with van der Waals surface area (Å²) in [7, 11) is 1.56. The molecule has 1 aromatic rings. The highest BCUT2D eigenvalue weighted by Crippen LogP contribution is 2.33. The first-order valence-electron chi connectivity index (χ1n) is 7.79. The number of ether oxygens (including phenoxy) is 4. The van der Waals surface area contributed by atoms with E-state index in [2.05, 4.69) is 5.32 Å². The van der Waals surface area contributed by atoms with Crippen LogP contribution in [0, 0.1) is 0 Å². The lowest BCUT2D eigenvalue weighted by Gasteiger charge is -2.32. The Kier molecular flexibility index (Phi) is 4.88. The molecule has 1 atom stereocenters. The molecule has 0 aromatic heterocycles. The minimum atomic E-state index is -0.345. The van der Waals surface area contributed by atoms with Gasteiger partial charge in [0.05, 0.1) is 20.3 Å². The number of methoxy groups -OCH3 is 1. The summed E-state index contributed by atoms with van der Waals surface area (Å²) >= 11 is 0. The Morgan fingerprint density at radius 1 is 1.35 bits per heavy atom. The minimum absolute atomic E-state index is 0.0546. The van der Waals surface area contributed by atoms with Crippen molar-refractivity contribution in [2.24, 2.45) is 0 Å². The second kappa shape index (κ2) is 7.06. The molecule has 2 heterocycles. The maximum atomic E-state index is 12.3. The van der Waals surface area contributed by atoms with Gasteiger partial charge in [-0.1, -0.05) is 0 Å². The average Bonchev–Trinajstić information content (AvgIpc) is 2.52. The highest BCUT2D eigenvalue weighted by atomic mass is 16.6. The van der Waals surface area contributed by atoms with Gasteiger partial charge in [0.1, 0.15) is 11.9 Å². The van der Waals surface area contributed by atoms with E-state index in [-0.39, 0.29) is 18.2 Å². The molecule has 1 aromatic carbocycles. The highest BCUT2D eigenvalue weighted by Gasteiger charge is 2.25. The molecule has 2 aliphatic heterocycles. The van der Waals surface area contributed by atoms with E-state index in [9.17, 15) is 4.79 Å². The monoisotopic (exact) mass is 322 g/mol. The van der Waals surface area contributed by atoms with Crippen molar-refractivity contribution < 1.29 is 23.7 Å². The van der Waals surface area contributed by atoms with Crippen LogP contribution < -0.4 is 19.5 Å². The number of hydrogen-bond acceptors (Lipinski definition) is 6. The standard InChI is InChI=1S/C16H22N2O5/c1-11-8-17-5-6-18(11)16(19)23-12-3-4-14(15(7-12)20-2)22-13-9-21-10-13/h3-4,7,11,13,17H,5-6,8-10H2,1-2H3. The van der Waals surface area contributed by atoms with Gasteiger partial charge < -0.3 is 29.2 Å². The smallest absolute Gasteiger partial charge is 0.415 e. The third-order valence-corrected chi connectivity index (χ3v) is 3.98. The summed E-state index contributed by atoms with van der Waals surface area (Å²) in [5.41, 5.74) is 0. The summed E-state index contributed by atoms with van der Waals surface area (Å²) in [4.78, 5) is 14.0. The molecule has 2 fully saturated rings. The summed E-state index contributed by atoms with van der Waals surface area (Å²) in [6.07, 6.45) is -0.291. The van der Waals surface area contributed by atoms with Crippen molar-refractivity contribution in [3.05, 3.63) is 18.2 Å². The van der Waals surface area contributed by atoms with E-state index in [0.717, 1.165) is 13.1 Å². The van der Waals surface area contributed by atoms with Crippen molar-refractivity contribution >= 4 is 6.09 Å². The number of piperazine rings is 1. The van der Waals surface area contributed by atoms with Crippen LogP contribution in [0.1, 0.15) is 6.92 Å². The largest absolute Gasteiger partial charge is 0.493 e. The normalized spacial score (nSPS) is 21.5. The van der Waals surface area contributed by atoms with Gasteiger partial charge in [0.15, 0.2) is 11.5 Å². The summed E-state index contributed by atoms with van der Waals surface area (Å²) in [5.74, 6) is 1.60. The number of rotatable bonds is 4. The van der Waals surface area contributed by atoms with Crippen LogP contribution in [0.4, 0.5) is 4.79 Å². The molecule has 2 aliphatic rings. The maximum absolute atomic E-state index is 12.3. The number of nitrogens with zero attached hydrogens (tertiary/aromatic N) is 1. The van der Waals surface area contributed by atoms with Crippen LogP contribution in [0.3, 0.4) is 0 Å². The molecular weight excluding hydrogens is 300 g/mol. The molecule has 23 heavy (non-hydrogen) atoms. The zero-order valence-corrected chi connectivity index (χ0v) is 13.4. The first kappa shape index (κ1) is 15.9. The number of carbonyl (C=O) groups excluding carboxylic acids is 1. The molecule has 1 unspecified atom stereocenters. The molecule has 126 valence electrons. The maximum Gasteiger partial charge on any atom is 0.415 e. The second-order valence-corrected chi connectivity index (χ2v) is 5.70. The Balaban J connectivity index is 1.66. The van der Waals surface area contributed by atoms with Gasteiger partial charge in [-0.2, -0.15) is 0 Å². The predicted molar refractivity (Wildman–Crippen MR) is 83.3 cm³/mol. The van der Waals surface area contributed by atoms with Crippen LogP contribution in [0.5, 0.6) is 17.2 Å². The molecule has 0 bridgehead atoms. The first-order chi connectivity index (χ1) is 11.2. The van der Waals surface area contributed by atoms with Gasteiger partial charge in [-0.25, -0.2) is 4.79 Å². The third kappa shape index (κ3) is 3.68. The predicted octanol–water partition coefficient (Wildman–Crippen LogP) is 1.27. The topological polar surface area (TPSA) is 69.3 Å². The van der Waals surface area contributed by atoms with Crippen LogP contribution in [0.25, 0.3) is 0 Å². The average molecular weight is 322 g/mol. The quantitative estimate of drug-likeness (QED) is 0.900. The van der Waals surface area contributed by atoms with Gasteiger partial charge in [0.2, 0.25) is 0 Å². The number of hydrogen-bond donors (Lipinski definition) is 1. The first-order valence-corrected chi connectivity index (χ1v) is 7.79. The molecular formula is C16H22N2O5. The fourth-order valence-electron chi connectivity index (χ4n) is 2.54. The number of nitrogens with one attached hydrogen (secondary N) is 1. The van der Waals surface area contributed by atoms with E-state index in [1.165, 1.54) is 0 Å². The fraction of sp³-hybridized carbons (Fsp3) is 0.562. The number of carbonyl (C=O) groups is 1. The lowest BCUT2D eigenvalue weighted by Crippen LogP contribution is -2.53. The van der Waals surface area contributed by atoms with E-state index >= 15 is 0 Å². The molecule has 0 aliphatic carbocycles. The van der Waals surface area contributed by atoms with E-state index in [4.69, 9.17) is 18.9 Å². The van der Waals surface area contributed by atoms with E-state index in [1.54, 1.807) is 30.2 Å². The molecule has 0 radical (unpaired) electrons. The van der Waals surface area contributed by atoms with Crippen molar-refractivity contribution in [3.8, 4) is 17.2 Å². The van der Waals surface area contributed by atoms with Crippen molar-refractivity contribution in [1.29, 1.82) is 0 Å². The van der Waals surface area contributed by atoms with E-state index in [1.807, 2.05) is 6.92 Å². The summed E-state index contributed by atoms with van der Waals surface area (Å²) in [6.45, 7) is 5.35. The van der Waals surface area contributed by atoms with Gasteiger partial charge in [0, 0.05) is 31.7 Å². The highest BCUT2D eigenvalue weighted by molar-refractivity contribution is 5.71. The zero-order valence-electron chi connectivity index (χ0n) is 13.4. The molecule has 1 N–H and O–H groups in total. The van der Waals surface area contributed by atoms with Gasteiger partial charge >= 0.3 is 6.09 Å². The van der Waals surface area contributed by atoms with Gasteiger partial charge in [-0.3, -0.25) is 0 Å². The van der Waals surface area contributed by atoms with Gasteiger partial charge in [-0.05, 0) is 19.1 Å². The van der Waals surface area contributed by atoms with Crippen molar-refractivity contribution in [1.82, 2.24) is 10.2 Å². The molecule has 3 rings (SSSR count). The minimum Gasteiger partial charge on any atom is -0.493 e. The fourth-order valence-corrected chi connectivity index (χ4v) is 2.54. The SMILES string of the molecule is COc1cc(OC(=O)N2CCNCC2C)ccc1OC1COC1. The van der Waals surface area contributed by atoms with Gasteiger partial charge in [-0.15, -0.1) is 0 Å². The van der Waals surface area contributed by atoms with Crippen LogP contribution in [0.15, 0.2) is 18.2 Å². The summed E-state index contributed by atoms with van der Waals surface area (Å²) < 4.78 is 21.6. The Hall–Kier alpha value is -1.99. The summed E-state index contributed by atoms with van der Waals surface area (Å²) in [5, 5.41) is 3.24. The molecule has 7 nitrogen and oxygen atoms in total. The Morgan fingerprint density at radius 2 is 2.17 bits per heavy atom. The zero-order chi connectivity index (χ0) is 16.2. The number of benzene rings is 1. The van der Waals surface area contributed by atoms with Crippen LogP contribution in [0.2, 0.25) is 0 Å². The second-order valence-electron chi connectivity index (χ2n) is 5.70. The van der Waals surface area contributed by atoms with E-state index in [0.29, 0.717) is 37.0 Å². The lowest BCUT2D eigenvalue weighted by molar-refractivity contribution is -0.0803. The van der Waals surface area contributed by atoms with Crippen LogP contribution >= 0.6 is 0 Å². The van der Waals surface area contributed by atoms with Crippen LogP contribution in [-0.4, -0.2) is 63.1 Å². The molecule has 7 heteroatoms. The Labute approximate surface area is 135 Å². The molecule has 0 spiro atoms. The molecule has 2 saturated heterocycles. The molecule has 0 saturated carbocycles. The van der Waals surface area contributed by atoms with Crippen LogP contribution in [-0.2, 0) is 4.74 Å².